The van der Waals surface area contributed by atoms with E-state index in [0.717, 1.165) is 21.6 Å². The average molecular weight is 254 g/mol. The van der Waals surface area contributed by atoms with E-state index in [1.807, 2.05) is 36.4 Å². The molecule has 0 aliphatic carbocycles. The van der Waals surface area contributed by atoms with Crippen LogP contribution in [0.15, 0.2) is 42.6 Å². The maximum absolute atomic E-state index is 11.3. The molecule has 18 heavy (non-hydrogen) atoms. The third-order valence-corrected chi connectivity index (χ3v) is 3.79. The van der Waals surface area contributed by atoms with Crippen LogP contribution in [0.2, 0.25) is 0 Å². The molecule has 0 unspecified atom stereocenters. The fraction of sp³-hybridized carbons (Fsp3) is 0.0714. The van der Waals surface area contributed by atoms with Crippen molar-refractivity contribution in [1.82, 2.24) is 9.97 Å². The molecule has 0 atom stereocenters. The monoisotopic (exact) mass is 254 g/mol. The van der Waals surface area contributed by atoms with Crippen molar-refractivity contribution in [3.8, 4) is 10.7 Å². The van der Waals surface area contributed by atoms with E-state index < -0.39 is 0 Å². The van der Waals surface area contributed by atoms with E-state index in [-0.39, 0.29) is 5.78 Å². The Morgan fingerprint density at radius 2 is 2.00 bits per heavy atom. The molecule has 0 spiro atoms. The van der Waals surface area contributed by atoms with Crippen molar-refractivity contribution >= 4 is 28.0 Å². The second-order valence-corrected chi connectivity index (χ2v) is 5.01. The molecule has 0 saturated carbocycles. The molecule has 0 aliphatic rings. The largest absolute Gasteiger partial charge is 0.294 e. The Balaban J connectivity index is 2.10. The van der Waals surface area contributed by atoms with Crippen LogP contribution < -0.4 is 0 Å². The molecule has 0 bridgehead atoms. The zero-order valence-electron chi connectivity index (χ0n) is 9.75. The number of Topliss-reactive ketones (excluding diaryl/α,β-unsaturated/α-hetero) is 1. The van der Waals surface area contributed by atoms with Gasteiger partial charge in [-0.05, 0) is 12.1 Å². The van der Waals surface area contributed by atoms with Crippen LogP contribution in [0.25, 0.3) is 21.6 Å². The van der Waals surface area contributed by atoms with Crippen molar-refractivity contribution in [2.45, 2.75) is 6.92 Å². The summed E-state index contributed by atoms with van der Waals surface area (Å²) in [6, 6.07) is 11.9. The Morgan fingerprint density at radius 1 is 1.17 bits per heavy atom. The van der Waals surface area contributed by atoms with Crippen molar-refractivity contribution in [1.29, 1.82) is 0 Å². The molecule has 4 heteroatoms. The van der Waals surface area contributed by atoms with Crippen LogP contribution >= 0.6 is 11.3 Å². The molecule has 3 aromatic rings. The summed E-state index contributed by atoms with van der Waals surface area (Å²) in [5.41, 5.74) is 1.75. The summed E-state index contributed by atoms with van der Waals surface area (Å²) < 4.78 is 0. The van der Waals surface area contributed by atoms with E-state index in [0.29, 0.717) is 4.88 Å². The highest BCUT2D eigenvalue weighted by atomic mass is 32.1. The van der Waals surface area contributed by atoms with Gasteiger partial charge in [0.2, 0.25) is 0 Å². The first kappa shape index (κ1) is 11.0. The van der Waals surface area contributed by atoms with Crippen LogP contribution in [-0.4, -0.2) is 15.8 Å². The van der Waals surface area contributed by atoms with Crippen molar-refractivity contribution < 1.29 is 4.79 Å². The molecule has 0 N–H and O–H groups in total. The molecule has 0 aliphatic heterocycles. The van der Waals surface area contributed by atoms with Gasteiger partial charge in [-0.3, -0.25) is 4.79 Å². The molecule has 0 radical (unpaired) electrons. The molecule has 0 amide bonds. The van der Waals surface area contributed by atoms with Crippen LogP contribution in [-0.2, 0) is 0 Å². The second kappa shape index (κ2) is 4.31. The molecule has 3 rings (SSSR count). The van der Waals surface area contributed by atoms with Gasteiger partial charge in [0.1, 0.15) is 5.01 Å². The minimum absolute atomic E-state index is 0.0412. The predicted molar refractivity (Wildman–Crippen MR) is 72.9 cm³/mol. The maximum Gasteiger partial charge on any atom is 0.171 e. The summed E-state index contributed by atoms with van der Waals surface area (Å²) in [5.74, 6) is 0.0412. The smallest absolute Gasteiger partial charge is 0.171 e. The highest BCUT2D eigenvalue weighted by molar-refractivity contribution is 7.16. The van der Waals surface area contributed by atoms with Crippen LogP contribution in [0.4, 0.5) is 0 Å². The van der Waals surface area contributed by atoms with E-state index in [1.54, 1.807) is 13.1 Å². The summed E-state index contributed by atoms with van der Waals surface area (Å²) in [7, 11) is 0. The van der Waals surface area contributed by atoms with Gasteiger partial charge in [-0.1, -0.05) is 24.3 Å². The molecule has 1 aromatic carbocycles. The molecule has 88 valence electrons. The molecule has 3 nitrogen and oxygen atoms in total. The first-order valence-corrected chi connectivity index (χ1v) is 6.38. The van der Waals surface area contributed by atoms with Gasteiger partial charge >= 0.3 is 0 Å². The van der Waals surface area contributed by atoms with Crippen LogP contribution in [0.3, 0.4) is 0 Å². The summed E-state index contributed by atoms with van der Waals surface area (Å²) in [5, 5.41) is 1.88. The average Bonchev–Trinajstić information content (AvgIpc) is 2.88. The Hall–Kier alpha value is -2.07. The number of nitrogens with zero attached hydrogens (tertiary/aromatic N) is 2. The first-order valence-electron chi connectivity index (χ1n) is 5.57. The Morgan fingerprint density at radius 3 is 2.78 bits per heavy atom. The van der Waals surface area contributed by atoms with Crippen LogP contribution in [0.5, 0.6) is 0 Å². The number of benzene rings is 1. The fourth-order valence-electron chi connectivity index (χ4n) is 1.74. The molecule has 2 aromatic heterocycles. The zero-order valence-corrected chi connectivity index (χ0v) is 10.6. The van der Waals surface area contributed by atoms with Gasteiger partial charge in [-0.2, -0.15) is 0 Å². The van der Waals surface area contributed by atoms with Crippen molar-refractivity contribution in [3.05, 3.63) is 47.5 Å². The van der Waals surface area contributed by atoms with E-state index in [9.17, 15) is 4.79 Å². The topological polar surface area (TPSA) is 42.9 Å². The Bertz CT molecular complexity index is 733. The third kappa shape index (κ3) is 1.91. The lowest BCUT2D eigenvalue weighted by molar-refractivity contribution is 0.102. The van der Waals surface area contributed by atoms with Crippen LogP contribution in [0, 0.1) is 0 Å². The molecular weight excluding hydrogens is 244 g/mol. The summed E-state index contributed by atoms with van der Waals surface area (Å²) >= 11 is 1.38. The first-order chi connectivity index (χ1) is 8.74. The lowest BCUT2D eigenvalue weighted by Crippen LogP contribution is -1.84. The van der Waals surface area contributed by atoms with Crippen LogP contribution in [0.1, 0.15) is 16.6 Å². The Kier molecular flexibility index (Phi) is 2.64. The van der Waals surface area contributed by atoms with E-state index in [1.165, 1.54) is 11.3 Å². The number of para-hydroxylation sites is 1. The highest BCUT2D eigenvalue weighted by Gasteiger charge is 2.09. The number of hydrogen-bond donors (Lipinski definition) is 0. The number of fused-ring (bicyclic) bond motifs is 1. The van der Waals surface area contributed by atoms with E-state index >= 15 is 0 Å². The van der Waals surface area contributed by atoms with E-state index in [2.05, 4.69) is 9.97 Å². The molecular formula is C14H10N2OS. The normalized spacial score (nSPS) is 10.7. The van der Waals surface area contributed by atoms with Gasteiger partial charge in [0.15, 0.2) is 5.78 Å². The SMILES string of the molecule is CC(=O)c1cnc(-c2ccc3ccccc3n2)s1. The van der Waals surface area contributed by atoms with Gasteiger partial charge in [0.05, 0.1) is 16.1 Å². The molecule has 0 saturated heterocycles. The second-order valence-electron chi connectivity index (χ2n) is 3.98. The van der Waals surface area contributed by atoms with Gasteiger partial charge in [-0.15, -0.1) is 11.3 Å². The van der Waals surface area contributed by atoms with Crippen molar-refractivity contribution in [3.63, 3.8) is 0 Å². The van der Waals surface area contributed by atoms with E-state index in [4.69, 9.17) is 0 Å². The Labute approximate surface area is 108 Å². The standard InChI is InChI=1S/C14H10N2OS/c1-9(17)13-8-15-14(18-13)12-7-6-10-4-2-3-5-11(10)16-12/h2-8H,1H3. The summed E-state index contributed by atoms with van der Waals surface area (Å²) in [4.78, 5) is 20.7. The predicted octanol–water partition coefficient (Wildman–Crippen LogP) is 3.56. The summed E-state index contributed by atoms with van der Waals surface area (Å²) in [6.07, 6.45) is 1.61. The maximum atomic E-state index is 11.3. The third-order valence-electron chi connectivity index (χ3n) is 2.67. The lowest BCUT2D eigenvalue weighted by Gasteiger charge is -1.99. The van der Waals surface area contributed by atoms with Crippen molar-refractivity contribution in [2.75, 3.05) is 0 Å². The number of carbonyl (C=O) groups excluding carboxylic acids is 1. The number of pyridine rings is 1. The highest BCUT2D eigenvalue weighted by Crippen LogP contribution is 2.25. The van der Waals surface area contributed by atoms with Gasteiger partial charge < -0.3 is 0 Å². The number of aromatic nitrogens is 2. The number of ketones is 1. The van der Waals surface area contributed by atoms with Gasteiger partial charge in [-0.25, -0.2) is 9.97 Å². The summed E-state index contributed by atoms with van der Waals surface area (Å²) in [6.45, 7) is 1.55. The zero-order chi connectivity index (χ0) is 12.5. The number of hydrogen-bond acceptors (Lipinski definition) is 4. The minimum atomic E-state index is 0.0412. The number of thiazole rings is 1. The molecule has 2 heterocycles. The quantitative estimate of drug-likeness (QED) is 0.657. The van der Waals surface area contributed by atoms with Crippen molar-refractivity contribution in [2.24, 2.45) is 0 Å². The number of rotatable bonds is 2. The minimum Gasteiger partial charge on any atom is -0.294 e. The van der Waals surface area contributed by atoms with Gasteiger partial charge in [0, 0.05) is 18.5 Å². The van der Waals surface area contributed by atoms with Gasteiger partial charge in [0.25, 0.3) is 0 Å². The lowest BCUT2D eigenvalue weighted by atomic mass is 10.2. The molecule has 0 fully saturated rings. The number of carbonyl (C=O) groups is 1. The fourth-order valence-corrected chi connectivity index (χ4v) is 2.52.